The van der Waals surface area contributed by atoms with Gasteiger partial charge in [-0.1, -0.05) is 20.3 Å². The van der Waals surface area contributed by atoms with Crippen LogP contribution in [0.15, 0.2) is 21.1 Å². The molecule has 1 aromatic carbocycles. The second-order valence-corrected chi connectivity index (χ2v) is 5.71. The zero-order chi connectivity index (χ0) is 12.8. The molecule has 0 bridgehead atoms. The van der Waals surface area contributed by atoms with E-state index in [4.69, 9.17) is 4.74 Å². The van der Waals surface area contributed by atoms with E-state index in [0.717, 1.165) is 26.8 Å². The molecule has 1 aromatic rings. The lowest BCUT2D eigenvalue weighted by Gasteiger charge is -2.19. The van der Waals surface area contributed by atoms with Gasteiger partial charge in [0.05, 0.1) is 17.3 Å². The quantitative estimate of drug-likeness (QED) is 0.747. The maximum Gasteiger partial charge on any atom is 0.135 e. The fraction of sp³-hybridized carbons (Fsp3) is 0.538. The number of anilines is 1. The summed E-state index contributed by atoms with van der Waals surface area (Å²) in [5.41, 5.74) is 1.09. The Kier molecular flexibility index (Phi) is 6.34. The zero-order valence-electron chi connectivity index (χ0n) is 10.5. The number of hydrogen-bond donors (Lipinski definition) is 1. The Morgan fingerprint density at radius 2 is 1.94 bits per heavy atom. The summed E-state index contributed by atoms with van der Waals surface area (Å²) in [6.07, 6.45) is 3.50. The van der Waals surface area contributed by atoms with Crippen LogP contribution in [-0.4, -0.2) is 13.2 Å². The molecule has 1 atom stereocenters. The van der Waals surface area contributed by atoms with Crippen molar-refractivity contribution in [1.29, 1.82) is 0 Å². The van der Waals surface area contributed by atoms with Gasteiger partial charge in [0, 0.05) is 16.6 Å². The van der Waals surface area contributed by atoms with Gasteiger partial charge in [-0.15, -0.1) is 0 Å². The summed E-state index contributed by atoms with van der Waals surface area (Å²) < 4.78 is 7.32. The minimum atomic E-state index is 0.516. The van der Waals surface area contributed by atoms with E-state index in [-0.39, 0.29) is 0 Å². The van der Waals surface area contributed by atoms with Crippen molar-refractivity contribution in [3.8, 4) is 5.75 Å². The summed E-state index contributed by atoms with van der Waals surface area (Å²) in [6, 6.07) is 4.55. The van der Waals surface area contributed by atoms with Crippen molar-refractivity contribution in [3.05, 3.63) is 21.1 Å². The van der Waals surface area contributed by atoms with Gasteiger partial charge in [0.15, 0.2) is 0 Å². The Balaban J connectivity index is 2.89. The van der Waals surface area contributed by atoms with E-state index in [9.17, 15) is 0 Å². The molecule has 0 amide bonds. The van der Waals surface area contributed by atoms with Crippen molar-refractivity contribution >= 4 is 37.5 Å². The van der Waals surface area contributed by atoms with E-state index in [2.05, 4.69) is 51.0 Å². The SMILES string of the molecule is CCCC(CC)Nc1cc(OC)c(Br)cc1Br. The van der Waals surface area contributed by atoms with E-state index >= 15 is 0 Å². The van der Waals surface area contributed by atoms with Crippen molar-refractivity contribution in [1.82, 2.24) is 0 Å². The largest absolute Gasteiger partial charge is 0.495 e. The average molecular weight is 365 g/mol. The first-order chi connectivity index (χ1) is 8.12. The highest BCUT2D eigenvalue weighted by molar-refractivity contribution is 9.11. The van der Waals surface area contributed by atoms with Crippen LogP contribution in [0, 0.1) is 0 Å². The average Bonchev–Trinajstić information content (AvgIpc) is 2.31. The number of halogens is 2. The van der Waals surface area contributed by atoms with Crippen LogP contribution in [0.1, 0.15) is 33.1 Å². The van der Waals surface area contributed by atoms with Crippen molar-refractivity contribution in [2.45, 2.75) is 39.2 Å². The molecule has 17 heavy (non-hydrogen) atoms. The van der Waals surface area contributed by atoms with Crippen molar-refractivity contribution < 1.29 is 4.74 Å². The van der Waals surface area contributed by atoms with Crippen LogP contribution >= 0.6 is 31.9 Å². The molecule has 96 valence electrons. The fourth-order valence-corrected chi connectivity index (χ4v) is 3.01. The van der Waals surface area contributed by atoms with Crippen LogP contribution in [0.3, 0.4) is 0 Å². The number of ether oxygens (including phenoxy) is 1. The van der Waals surface area contributed by atoms with Gasteiger partial charge in [-0.25, -0.2) is 0 Å². The van der Waals surface area contributed by atoms with Crippen molar-refractivity contribution in [2.24, 2.45) is 0 Å². The molecule has 0 aromatic heterocycles. The summed E-state index contributed by atoms with van der Waals surface area (Å²) in [5, 5.41) is 3.55. The third-order valence-electron chi connectivity index (χ3n) is 2.73. The third kappa shape index (κ3) is 4.18. The lowest BCUT2D eigenvalue weighted by atomic mass is 10.1. The summed E-state index contributed by atoms with van der Waals surface area (Å²) in [4.78, 5) is 0. The highest BCUT2D eigenvalue weighted by atomic mass is 79.9. The molecule has 1 rings (SSSR count). The number of benzene rings is 1. The molecule has 0 radical (unpaired) electrons. The van der Waals surface area contributed by atoms with Crippen LogP contribution in [0.5, 0.6) is 5.75 Å². The fourth-order valence-electron chi connectivity index (χ4n) is 1.74. The molecule has 1 N–H and O–H groups in total. The molecule has 0 saturated heterocycles. The normalized spacial score (nSPS) is 12.3. The number of methoxy groups -OCH3 is 1. The van der Waals surface area contributed by atoms with E-state index in [1.807, 2.05) is 12.1 Å². The minimum Gasteiger partial charge on any atom is -0.495 e. The molecule has 0 aliphatic rings. The molecule has 0 heterocycles. The van der Waals surface area contributed by atoms with Crippen LogP contribution in [0.4, 0.5) is 5.69 Å². The Morgan fingerprint density at radius 3 is 2.47 bits per heavy atom. The topological polar surface area (TPSA) is 21.3 Å². The summed E-state index contributed by atoms with van der Waals surface area (Å²) in [5.74, 6) is 0.849. The Hall–Kier alpha value is -0.220. The van der Waals surface area contributed by atoms with Gasteiger partial charge in [0.1, 0.15) is 5.75 Å². The first kappa shape index (κ1) is 14.8. The molecular weight excluding hydrogens is 346 g/mol. The predicted molar refractivity (Wildman–Crippen MR) is 81.0 cm³/mol. The van der Waals surface area contributed by atoms with Crippen molar-refractivity contribution in [2.75, 3.05) is 12.4 Å². The van der Waals surface area contributed by atoms with Gasteiger partial charge in [-0.2, -0.15) is 0 Å². The monoisotopic (exact) mass is 363 g/mol. The molecule has 1 unspecified atom stereocenters. The first-order valence-corrected chi connectivity index (χ1v) is 7.50. The van der Waals surface area contributed by atoms with Gasteiger partial charge in [-0.05, 0) is 50.8 Å². The molecule has 0 fully saturated rings. The molecule has 0 aliphatic heterocycles. The van der Waals surface area contributed by atoms with E-state index < -0.39 is 0 Å². The van der Waals surface area contributed by atoms with E-state index in [0.29, 0.717) is 6.04 Å². The molecule has 4 heteroatoms. The summed E-state index contributed by atoms with van der Waals surface area (Å²) in [6.45, 7) is 4.42. The van der Waals surface area contributed by atoms with Crippen LogP contribution < -0.4 is 10.1 Å². The maximum absolute atomic E-state index is 5.31. The highest BCUT2D eigenvalue weighted by Gasteiger charge is 2.10. The van der Waals surface area contributed by atoms with Gasteiger partial charge in [-0.3, -0.25) is 0 Å². The number of rotatable bonds is 6. The zero-order valence-corrected chi connectivity index (χ0v) is 13.7. The van der Waals surface area contributed by atoms with E-state index in [1.54, 1.807) is 7.11 Å². The molecular formula is C13H19Br2NO. The van der Waals surface area contributed by atoms with Gasteiger partial charge < -0.3 is 10.1 Å². The second kappa shape index (κ2) is 7.27. The van der Waals surface area contributed by atoms with Crippen LogP contribution in [0.25, 0.3) is 0 Å². The molecule has 0 spiro atoms. The lowest BCUT2D eigenvalue weighted by Crippen LogP contribution is -2.18. The number of nitrogens with one attached hydrogen (secondary N) is 1. The second-order valence-electron chi connectivity index (χ2n) is 4.00. The Labute approximate surface area is 120 Å². The Bertz CT molecular complexity index is 369. The van der Waals surface area contributed by atoms with Gasteiger partial charge >= 0.3 is 0 Å². The van der Waals surface area contributed by atoms with Crippen LogP contribution in [0.2, 0.25) is 0 Å². The molecule has 0 aliphatic carbocycles. The van der Waals surface area contributed by atoms with Crippen molar-refractivity contribution in [3.63, 3.8) is 0 Å². The minimum absolute atomic E-state index is 0.516. The van der Waals surface area contributed by atoms with E-state index in [1.165, 1.54) is 12.8 Å². The molecule has 0 saturated carbocycles. The first-order valence-electron chi connectivity index (χ1n) is 5.91. The maximum atomic E-state index is 5.31. The lowest BCUT2D eigenvalue weighted by molar-refractivity contribution is 0.412. The molecule has 2 nitrogen and oxygen atoms in total. The smallest absolute Gasteiger partial charge is 0.135 e. The van der Waals surface area contributed by atoms with Crippen LogP contribution in [-0.2, 0) is 0 Å². The summed E-state index contributed by atoms with van der Waals surface area (Å²) >= 11 is 7.04. The highest BCUT2D eigenvalue weighted by Crippen LogP contribution is 2.35. The third-order valence-corrected chi connectivity index (χ3v) is 4.01. The predicted octanol–water partition coefficient (Wildman–Crippen LogP) is 5.21. The summed E-state index contributed by atoms with van der Waals surface area (Å²) in [7, 11) is 1.68. The van der Waals surface area contributed by atoms with Gasteiger partial charge in [0.25, 0.3) is 0 Å². The Morgan fingerprint density at radius 1 is 1.24 bits per heavy atom. The number of hydrogen-bond acceptors (Lipinski definition) is 2. The van der Waals surface area contributed by atoms with Gasteiger partial charge in [0.2, 0.25) is 0 Å². The standard InChI is InChI=1S/C13H19Br2NO/c1-4-6-9(5-2)16-12-8-13(17-3)11(15)7-10(12)14/h7-9,16H,4-6H2,1-3H3.